The standard InChI is InChI=1S/C22H21N3.C12H13N.C10H8N2O/c1-17(21-13-7-9-18-8-5-6-12-22(18)21)23-16-20-14-15-24-25(20)19-10-3-2-4-11-19;1-9(13)11-8-4-6-10-5-2-3-7-12(10)11;13-8-10-6-7-11-12(10)9-4-2-1-3-5-9/h2-15,17,23H,16H2,1H3;2-9H,13H2,1H3;1-8H/t17-;9-;/m11./s1. The number of para-hydroxylation sites is 2. The fourth-order valence-corrected chi connectivity index (χ4v) is 6.10. The van der Waals surface area contributed by atoms with E-state index in [-0.39, 0.29) is 12.1 Å². The number of fused-ring (bicyclic) bond motifs is 2. The topological polar surface area (TPSA) is 90.8 Å². The van der Waals surface area contributed by atoms with Crippen LogP contribution in [0, 0.1) is 0 Å². The summed E-state index contributed by atoms with van der Waals surface area (Å²) >= 11 is 0. The number of hydrogen-bond donors (Lipinski definition) is 2. The fourth-order valence-electron chi connectivity index (χ4n) is 6.10. The Morgan fingerprint density at radius 2 is 1.08 bits per heavy atom. The van der Waals surface area contributed by atoms with Gasteiger partial charge in [-0.2, -0.15) is 10.2 Å². The molecule has 7 nitrogen and oxygen atoms in total. The van der Waals surface area contributed by atoms with E-state index in [1.165, 1.54) is 32.7 Å². The third kappa shape index (κ3) is 8.54. The summed E-state index contributed by atoms with van der Waals surface area (Å²) in [5.74, 6) is 0. The molecule has 0 saturated heterocycles. The quantitative estimate of drug-likeness (QED) is 0.157. The molecule has 0 aliphatic rings. The van der Waals surface area contributed by atoms with E-state index in [1.807, 2.05) is 78.5 Å². The molecule has 0 saturated carbocycles. The maximum atomic E-state index is 10.6. The van der Waals surface area contributed by atoms with Gasteiger partial charge in [0.2, 0.25) is 0 Å². The summed E-state index contributed by atoms with van der Waals surface area (Å²) in [6, 6.07) is 53.5. The van der Waals surface area contributed by atoms with Crippen LogP contribution in [-0.2, 0) is 6.54 Å². The molecule has 0 radical (unpaired) electrons. The predicted molar refractivity (Wildman–Crippen MR) is 208 cm³/mol. The molecule has 0 bridgehead atoms. The van der Waals surface area contributed by atoms with Gasteiger partial charge in [-0.1, -0.05) is 121 Å². The third-order valence-electron chi connectivity index (χ3n) is 8.71. The van der Waals surface area contributed by atoms with Crippen molar-refractivity contribution in [3.8, 4) is 11.4 Å². The summed E-state index contributed by atoms with van der Waals surface area (Å²) in [6.45, 7) is 4.99. The molecule has 254 valence electrons. The Morgan fingerprint density at radius 1 is 0.588 bits per heavy atom. The second kappa shape index (κ2) is 17.0. The molecule has 51 heavy (non-hydrogen) atoms. The van der Waals surface area contributed by atoms with Gasteiger partial charge in [-0.25, -0.2) is 9.36 Å². The van der Waals surface area contributed by atoms with E-state index in [2.05, 4.69) is 113 Å². The summed E-state index contributed by atoms with van der Waals surface area (Å²) in [6.07, 6.45) is 4.25. The number of aromatic nitrogens is 4. The first-order chi connectivity index (χ1) is 25.0. The molecule has 0 amide bonds. The lowest BCUT2D eigenvalue weighted by molar-refractivity contribution is 0.111. The zero-order valence-electron chi connectivity index (χ0n) is 28.9. The molecule has 8 aromatic rings. The summed E-state index contributed by atoms with van der Waals surface area (Å²) in [5.41, 5.74) is 12.1. The van der Waals surface area contributed by atoms with Gasteiger partial charge in [-0.05, 0) is 82.9 Å². The molecule has 0 fully saturated rings. The predicted octanol–water partition coefficient (Wildman–Crippen LogP) is 9.42. The van der Waals surface area contributed by atoms with Crippen molar-refractivity contribution < 1.29 is 4.79 Å². The molecular weight excluding hydrogens is 629 g/mol. The smallest absolute Gasteiger partial charge is 0.168 e. The van der Waals surface area contributed by atoms with Crippen LogP contribution in [-0.4, -0.2) is 25.8 Å². The van der Waals surface area contributed by atoms with Crippen LogP contribution in [0.4, 0.5) is 0 Å². The lowest BCUT2D eigenvalue weighted by Crippen LogP contribution is -2.20. The lowest BCUT2D eigenvalue weighted by atomic mass is 10.00. The molecule has 2 aromatic heterocycles. The van der Waals surface area contributed by atoms with Gasteiger partial charge in [0.15, 0.2) is 6.29 Å². The highest BCUT2D eigenvalue weighted by Gasteiger charge is 2.11. The van der Waals surface area contributed by atoms with Crippen LogP contribution in [0.15, 0.2) is 170 Å². The molecule has 0 aliphatic carbocycles. The van der Waals surface area contributed by atoms with Gasteiger partial charge in [-0.15, -0.1) is 0 Å². The Hall–Kier alpha value is -6.15. The highest BCUT2D eigenvalue weighted by molar-refractivity contribution is 5.86. The van der Waals surface area contributed by atoms with Gasteiger partial charge in [-0.3, -0.25) is 4.79 Å². The second-order valence-corrected chi connectivity index (χ2v) is 12.2. The first-order valence-electron chi connectivity index (χ1n) is 17.1. The fraction of sp³-hybridized carbons (Fsp3) is 0.114. The number of nitrogens with one attached hydrogen (secondary N) is 1. The van der Waals surface area contributed by atoms with Crippen molar-refractivity contribution in [1.82, 2.24) is 24.9 Å². The van der Waals surface area contributed by atoms with E-state index < -0.39 is 0 Å². The number of carbonyl (C=O) groups is 1. The molecule has 2 heterocycles. The van der Waals surface area contributed by atoms with E-state index in [0.29, 0.717) is 5.69 Å². The highest BCUT2D eigenvalue weighted by atomic mass is 16.1. The highest BCUT2D eigenvalue weighted by Crippen LogP contribution is 2.25. The van der Waals surface area contributed by atoms with E-state index in [4.69, 9.17) is 5.73 Å². The van der Waals surface area contributed by atoms with Crippen LogP contribution in [0.5, 0.6) is 0 Å². The van der Waals surface area contributed by atoms with Crippen LogP contribution in [0.1, 0.15) is 53.2 Å². The van der Waals surface area contributed by atoms with Crippen LogP contribution >= 0.6 is 0 Å². The van der Waals surface area contributed by atoms with Crippen molar-refractivity contribution >= 4 is 27.8 Å². The number of benzene rings is 6. The van der Waals surface area contributed by atoms with Crippen molar-refractivity contribution in [2.24, 2.45) is 5.73 Å². The minimum Gasteiger partial charge on any atom is -0.324 e. The number of rotatable bonds is 8. The molecule has 3 N–H and O–H groups in total. The Labute approximate surface area is 299 Å². The molecule has 7 heteroatoms. The van der Waals surface area contributed by atoms with E-state index in [9.17, 15) is 4.79 Å². The van der Waals surface area contributed by atoms with Crippen LogP contribution < -0.4 is 11.1 Å². The van der Waals surface area contributed by atoms with Crippen molar-refractivity contribution in [2.75, 3.05) is 0 Å². The van der Waals surface area contributed by atoms with Crippen molar-refractivity contribution in [2.45, 2.75) is 32.5 Å². The average Bonchev–Trinajstić information content (AvgIpc) is 3.88. The summed E-state index contributed by atoms with van der Waals surface area (Å²) in [4.78, 5) is 10.6. The number of hydrogen-bond acceptors (Lipinski definition) is 5. The first kappa shape index (κ1) is 34.7. The van der Waals surface area contributed by atoms with Gasteiger partial charge in [0, 0.05) is 24.8 Å². The van der Waals surface area contributed by atoms with Crippen LogP contribution in [0.2, 0.25) is 0 Å². The van der Waals surface area contributed by atoms with E-state index in [1.54, 1.807) is 16.9 Å². The summed E-state index contributed by atoms with van der Waals surface area (Å²) in [7, 11) is 0. The normalized spacial score (nSPS) is 11.9. The van der Waals surface area contributed by atoms with E-state index in [0.717, 1.165) is 29.9 Å². The maximum Gasteiger partial charge on any atom is 0.168 e. The van der Waals surface area contributed by atoms with Gasteiger partial charge in [0.25, 0.3) is 0 Å². The first-order valence-corrected chi connectivity index (χ1v) is 17.1. The third-order valence-corrected chi connectivity index (χ3v) is 8.71. The molecule has 0 aliphatic heterocycles. The zero-order valence-corrected chi connectivity index (χ0v) is 28.9. The number of nitrogens with two attached hydrogens (primary N) is 1. The number of aldehydes is 1. The van der Waals surface area contributed by atoms with Gasteiger partial charge in [0.05, 0.1) is 23.3 Å². The second-order valence-electron chi connectivity index (χ2n) is 12.2. The molecule has 2 atom stereocenters. The van der Waals surface area contributed by atoms with E-state index >= 15 is 0 Å². The summed E-state index contributed by atoms with van der Waals surface area (Å²) in [5, 5.41) is 17.3. The zero-order chi connectivity index (χ0) is 35.4. The Bertz CT molecular complexity index is 2280. The van der Waals surface area contributed by atoms with Crippen LogP contribution in [0.25, 0.3) is 32.9 Å². The van der Waals surface area contributed by atoms with Crippen LogP contribution in [0.3, 0.4) is 0 Å². The Balaban J connectivity index is 0.000000145. The van der Waals surface area contributed by atoms with Crippen molar-refractivity contribution in [3.05, 3.63) is 193 Å². The minimum atomic E-state index is 0.103. The number of nitrogens with zero attached hydrogens (tertiary/aromatic N) is 4. The molecule has 8 rings (SSSR count). The number of carbonyl (C=O) groups excluding carboxylic acids is 1. The van der Waals surface area contributed by atoms with Gasteiger partial charge >= 0.3 is 0 Å². The van der Waals surface area contributed by atoms with Gasteiger partial charge in [0.1, 0.15) is 5.69 Å². The average molecular weight is 671 g/mol. The Kier molecular flexibility index (Phi) is 11.6. The van der Waals surface area contributed by atoms with Gasteiger partial charge < -0.3 is 11.1 Å². The van der Waals surface area contributed by atoms with Crippen molar-refractivity contribution in [1.29, 1.82) is 0 Å². The molecule has 0 unspecified atom stereocenters. The molecule has 6 aromatic carbocycles. The minimum absolute atomic E-state index is 0.103. The largest absolute Gasteiger partial charge is 0.324 e. The van der Waals surface area contributed by atoms with Crippen molar-refractivity contribution in [3.63, 3.8) is 0 Å². The Morgan fingerprint density at radius 3 is 1.69 bits per heavy atom. The lowest BCUT2D eigenvalue weighted by Gasteiger charge is -2.17. The monoisotopic (exact) mass is 670 g/mol. The SMILES string of the molecule is C[C@@H](N)c1cccc2ccccc12.C[C@@H](NCc1ccnn1-c1ccccc1)c1cccc2ccccc12.O=Cc1ccnn1-c1ccccc1. The summed E-state index contributed by atoms with van der Waals surface area (Å²) < 4.78 is 3.59. The molecule has 0 spiro atoms. The maximum absolute atomic E-state index is 10.6. The molecular formula is C44H42N6O.